The molecule has 0 aliphatic carbocycles. The topological polar surface area (TPSA) is 13.0 Å². The first-order valence-electron chi connectivity index (χ1n) is 27.0. The molecule has 14 aromatic rings. The van der Waals surface area contributed by atoms with Gasteiger partial charge in [-0.2, -0.15) is 0 Å². The van der Waals surface area contributed by atoms with E-state index < -0.39 is 0 Å². The average Bonchev–Trinajstić information content (AvgIpc) is 4.18. The van der Waals surface area contributed by atoms with Gasteiger partial charge in [-0.25, -0.2) is 0 Å². The van der Waals surface area contributed by atoms with Crippen LogP contribution in [0.2, 0.25) is 5.02 Å². The molecule has 80 heavy (non-hydrogen) atoms. The monoisotopic (exact) mass is 1080 g/mol. The molecule has 0 saturated carbocycles. The number of anilines is 12. The second kappa shape index (κ2) is 20.1. The van der Waals surface area contributed by atoms with Crippen LogP contribution in [0.5, 0.6) is 0 Å². The summed E-state index contributed by atoms with van der Waals surface area (Å²) in [6.45, 7) is 0.161. The first-order valence-corrected chi connectivity index (χ1v) is 29.0. The first kappa shape index (κ1) is 47.8. The normalized spacial score (nSPS) is 12.2. The Labute approximate surface area is 478 Å². The molecule has 0 unspecified atom stereocenters. The maximum Gasteiger partial charge on any atom is 0.264 e. The van der Waals surface area contributed by atoms with Gasteiger partial charge in [0, 0.05) is 75.8 Å². The summed E-state index contributed by atoms with van der Waals surface area (Å²) in [4.78, 5) is 9.46. The fourth-order valence-corrected chi connectivity index (χ4v) is 15.0. The van der Waals surface area contributed by atoms with E-state index >= 15 is 0 Å². The van der Waals surface area contributed by atoms with Gasteiger partial charge in [0.15, 0.2) is 0 Å². The minimum Gasteiger partial charge on any atom is -0.311 e. The Bertz CT molecular complexity index is 4550. The van der Waals surface area contributed by atoms with Crippen molar-refractivity contribution < 1.29 is 0 Å². The summed E-state index contributed by atoms with van der Waals surface area (Å²) in [5.74, 6) is 0. The highest BCUT2D eigenvalue weighted by molar-refractivity contribution is 7.34. The van der Waals surface area contributed by atoms with Crippen molar-refractivity contribution in [3.05, 3.63) is 296 Å². The minimum absolute atomic E-state index is 0.161. The van der Waals surface area contributed by atoms with Crippen LogP contribution >= 0.6 is 34.3 Å². The van der Waals surface area contributed by atoms with Crippen LogP contribution < -0.4 is 35.3 Å². The molecular formula is C72H48BClN4S2. The van der Waals surface area contributed by atoms with Crippen molar-refractivity contribution in [2.24, 2.45) is 0 Å². The number of fused-ring (bicyclic) bond motifs is 11. The first-order chi connectivity index (χ1) is 39.7. The Hall–Kier alpha value is -9.37. The summed E-state index contributed by atoms with van der Waals surface area (Å²) in [5, 5.41) is 10.6. The Morgan fingerprint density at radius 2 is 0.812 bits per heavy atom. The molecule has 8 heteroatoms. The molecule has 0 saturated heterocycles. The van der Waals surface area contributed by atoms with E-state index in [1.165, 1.54) is 91.5 Å². The second-order valence-electron chi connectivity index (χ2n) is 20.1. The zero-order chi connectivity index (χ0) is 53.1. The molecule has 16 rings (SSSR count). The minimum atomic E-state index is 0.161. The summed E-state index contributed by atoms with van der Waals surface area (Å²) in [6, 6.07) is 101. The van der Waals surface area contributed by atoms with Gasteiger partial charge in [-0.3, -0.25) is 0 Å². The number of hydrogen-bond donors (Lipinski definition) is 0. The highest BCUT2D eigenvalue weighted by Gasteiger charge is 2.45. The van der Waals surface area contributed by atoms with E-state index in [1.54, 1.807) is 11.3 Å². The van der Waals surface area contributed by atoms with Crippen LogP contribution in [-0.2, 0) is 0 Å². The van der Waals surface area contributed by atoms with Crippen LogP contribution in [0.1, 0.15) is 0 Å². The van der Waals surface area contributed by atoms with Gasteiger partial charge in [0.25, 0.3) is 6.71 Å². The fraction of sp³-hybridized carbons (Fsp3) is 0. The van der Waals surface area contributed by atoms with Gasteiger partial charge in [0.1, 0.15) is 0 Å². The Kier molecular flexibility index (Phi) is 12.0. The van der Waals surface area contributed by atoms with Gasteiger partial charge in [-0.15, -0.1) is 22.7 Å². The molecule has 12 aromatic carbocycles. The van der Waals surface area contributed by atoms with Crippen molar-refractivity contribution in [1.29, 1.82) is 0 Å². The number of rotatable bonds is 8. The number of nitrogens with zero attached hydrogens (tertiary/aromatic N) is 4. The van der Waals surface area contributed by atoms with E-state index in [0.29, 0.717) is 5.02 Å². The van der Waals surface area contributed by atoms with Crippen LogP contribution in [0, 0.1) is 0 Å². The lowest BCUT2D eigenvalue weighted by Gasteiger charge is -2.43. The van der Waals surface area contributed by atoms with E-state index in [0.717, 1.165) is 34.1 Å². The van der Waals surface area contributed by atoms with Crippen LogP contribution in [0.3, 0.4) is 0 Å². The highest BCUT2D eigenvalue weighted by Crippen LogP contribution is 2.51. The summed E-state index contributed by atoms with van der Waals surface area (Å²) in [6.07, 6.45) is 0. The predicted octanol–water partition coefficient (Wildman–Crippen LogP) is 19.8. The molecule has 4 nitrogen and oxygen atoms in total. The second-order valence-corrected chi connectivity index (χ2v) is 22.4. The smallest absolute Gasteiger partial charge is 0.264 e. The molecule has 0 radical (unpaired) electrons. The van der Waals surface area contributed by atoms with E-state index in [1.807, 2.05) is 29.5 Å². The number of hydrogen-bond acceptors (Lipinski definition) is 6. The molecule has 2 aliphatic heterocycles. The van der Waals surface area contributed by atoms with Gasteiger partial charge in [-0.1, -0.05) is 206 Å². The molecule has 0 spiro atoms. The summed E-state index contributed by atoms with van der Waals surface area (Å²) in [7, 11) is 0. The van der Waals surface area contributed by atoms with Crippen molar-refractivity contribution in [1.82, 2.24) is 0 Å². The van der Waals surface area contributed by atoms with Crippen LogP contribution in [0.15, 0.2) is 290 Å². The number of para-hydroxylation sites is 6. The van der Waals surface area contributed by atoms with E-state index in [9.17, 15) is 0 Å². The number of benzene rings is 12. The Morgan fingerprint density at radius 3 is 1.44 bits per heavy atom. The zero-order valence-electron chi connectivity index (χ0n) is 43.3. The molecular weight excluding hydrogens is 1030 g/mol. The summed E-state index contributed by atoms with van der Waals surface area (Å²) < 4.78 is 4.05. The van der Waals surface area contributed by atoms with Crippen LogP contribution in [0.25, 0.3) is 41.7 Å². The van der Waals surface area contributed by atoms with Crippen LogP contribution in [0.4, 0.5) is 68.2 Å². The zero-order valence-corrected chi connectivity index (χ0v) is 45.7. The van der Waals surface area contributed by atoms with E-state index in [-0.39, 0.29) is 6.71 Å². The van der Waals surface area contributed by atoms with Crippen LogP contribution in [-0.4, -0.2) is 6.71 Å². The third-order valence-corrected chi connectivity index (χ3v) is 18.3. The van der Waals surface area contributed by atoms with Crippen molar-refractivity contribution in [3.8, 4) is 0 Å². The van der Waals surface area contributed by atoms with Gasteiger partial charge < -0.3 is 19.6 Å². The maximum absolute atomic E-state index is 7.43. The molecule has 0 amide bonds. The lowest BCUT2D eigenvalue weighted by molar-refractivity contribution is 1.26. The van der Waals surface area contributed by atoms with Crippen molar-refractivity contribution in [2.75, 3.05) is 19.6 Å². The molecule has 2 aromatic heterocycles. The molecule has 2 aliphatic rings. The predicted molar refractivity (Wildman–Crippen MR) is 347 cm³/mol. The summed E-state index contributed by atoms with van der Waals surface area (Å²) in [5.41, 5.74) is 16.3. The lowest BCUT2D eigenvalue weighted by Crippen LogP contribution is -2.60. The average molecular weight is 1080 g/mol. The van der Waals surface area contributed by atoms with Gasteiger partial charge >= 0.3 is 0 Å². The largest absolute Gasteiger partial charge is 0.311 e. The molecule has 0 N–H and O–H groups in total. The third kappa shape index (κ3) is 7.96. The standard InChI is InChI=1S/C36H23BN2S.C36H25ClN2S/c1-3-13-25(14-4-1)38-30-19-10-9-18-29(30)37-33-31(38)20-11-21-32(33)39(26-15-5-2-6-16-26)34-28-23-22-24-12-7-8-17-27(24)35(28)40-36(34)37;37-35-32(38(27-14-4-1-5-15-27)28-16-6-2-7-17-28)21-12-22-33(35)39(29-18-8-3-9-19-29)34-25-40-36-30-20-11-10-13-26(30)23-24-31(34)36/h1-23H;1-25H. The maximum atomic E-state index is 7.43. The van der Waals surface area contributed by atoms with E-state index in [4.69, 9.17) is 11.6 Å². The molecule has 0 bridgehead atoms. The Morgan fingerprint density at radius 1 is 0.350 bits per heavy atom. The number of thiophene rings is 2. The number of halogens is 1. The van der Waals surface area contributed by atoms with Crippen molar-refractivity contribution in [3.63, 3.8) is 0 Å². The molecule has 4 heterocycles. The molecule has 0 atom stereocenters. The molecule has 0 fully saturated rings. The van der Waals surface area contributed by atoms with Gasteiger partial charge in [-0.05, 0) is 123 Å². The summed E-state index contributed by atoms with van der Waals surface area (Å²) >= 11 is 11.2. The fourth-order valence-electron chi connectivity index (χ4n) is 12.1. The Balaban J connectivity index is 0.000000138. The third-order valence-electron chi connectivity index (χ3n) is 15.6. The van der Waals surface area contributed by atoms with E-state index in [2.05, 4.69) is 292 Å². The quantitative estimate of drug-likeness (QED) is 0.141. The SMILES string of the molecule is Clc1c(N(c2ccccc2)c2ccccc2)cccc1N(c1ccccc1)c1csc2c1ccc1ccccc12.c1ccc(N2c3ccccc3B3c4sc5c(ccc6ccccc65)c4N(c4ccccc4)c4cccc2c43)cc1. The van der Waals surface area contributed by atoms with Gasteiger partial charge in [0.2, 0.25) is 0 Å². The molecule has 378 valence electrons. The van der Waals surface area contributed by atoms with Crippen molar-refractivity contribution >= 4 is 167 Å². The van der Waals surface area contributed by atoms with Gasteiger partial charge in [0.05, 0.1) is 27.8 Å². The van der Waals surface area contributed by atoms with Crippen molar-refractivity contribution in [2.45, 2.75) is 0 Å². The highest BCUT2D eigenvalue weighted by atomic mass is 35.5. The lowest BCUT2D eigenvalue weighted by atomic mass is 9.36.